The molecule has 1 aromatic carbocycles. The van der Waals surface area contributed by atoms with Crippen LogP contribution in [0.15, 0.2) is 59.3 Å². The Morgan fingerprint density at radius 1 is 1.12 bits per heavy atom. The molecular weight excluding hydrogens is 214 g/mol. The molecule has 0 aliphatic heterocycles. The predicted molar refractivity (Wildman–Crippen MR) is 64.8 cm³/mol. The summed E-state index contributed by atoms with van der Waals surface area (Å²) in [4.78, 5) is 3.98. The summed E-state index contributed by atoms with van der Waals surface area (Å²) in [6, 6.07) is 13.6. The lowest BCUT2D eigenvalue weighted by Gasteiger charge is -2.01. The number of rotatable bonds is 3. The smallest absolute Gasteiger partial charge is 0.146 e. The number of benzene rings is 1. The maximum atomic E-state index is 5.64. The van der Waals surface area contributed by atoms with Crippen molar-refractivity contribution in [2.45, 2.75) is 6.61 Å². The van der Waals surface area contributed by atoms with E-state index in [-0.39, 0.29) is 0 Å². The van der Waals surface area contributed by atoms with Gasteiger partial charge in [-0.2, -0.15) is 0 Å². The Kier molecular flexibility index (Phi) is 2.50. The minimum absolute atomic E-state index is 0.417. The quantitative estimate of drug-likeness (QED) is 0.685. The van der Waals surface area contributed by atoms with E-state index in [9.17, 15) is 0 Å². The highest BCUT2D eigenvalue weighted by molar-refractivity contribution is 5.77. The van der Waals surface area contributed by atoms with E-state index in [1.165, 1.54) is 0 Å². The Morgan fingerprint density at radius 2 is 2.06 bits per heavy atom. The van der Waals surface area contributed by atoms with E-state index in [4.69, 9.17) is 9.15 Å². The first-order chi connectivity index (χ1) is 8.42. The SMILES string of the molecule is c1cncc(OCc2cc3ccccc3o2)c1. The van der Waals surface area contributed by atoms with Gasteiger partial charge in [-0.15, -0.1) is 0 Å². The van der Waals surface area contributed by atoms with Crippen LogP contribution in [0.5, 0.6) is 5.75 Å². The Hall–Kier alpha value is -2.29. The van der Waals surface area contributed by atoms with Crippen LogP contribution in [0.4, 0.5) is 0 Å². The Bertz CT molecular complexity index is 583. The fraction of sp³-hybridized carbons (Fsp3) is 0.0714. The van der Waals surface area contributed by atoms with Crippen LogP contribution in [0.2, 0.25) is 0 Å². The van der Waals surface area contributed by atoms with E-state index < -0.39 is 0 Å². The molecule has 17 heavy (non-hydrogen) atoms. The van der Waals surface area contributed by atoms with Crippen LogP contribution in [-0.4, -0.2) is 4.98 Å². The van der Waals surface area contributed by atoms with E-state index in [1.807, 2.05) is 42.5 Å². The lowest BCUT2D eigenvalue weighted by molar-refractivity contribution is 0.273. The van der Waals surface area contributed by atoms with Gasteiger partial charge in [0.1, 0.15) is 23.7 Å². The monoisotopic (exact) mass is 225 g/mol. The number of furan rings is 1. The molecule has 2 heterocycles. The molecule has 0 aliphatic carbocycles. The topological polar surface area (TPSA) is 35.3 Å². The fourth-order valence-electron chi connectivity index (χ4n) is 1.69. The van der Waals surface area contributed by atoms with Crippen molar-refractivity contribution in [1.82, 2.24) is 4.98 Å². The second kappa shape index (κ2) is 4.29. The van der Waals surface area contributed by atoms with E-state index in [2.05, 4.69) is 4.98 Å². The number of nitrogens with zero attached hydrogens (tertiary/aromatic N) is 1. The molecule has 2 aromatic heterocycles. The Balaban J connectivity index is 1.77. The van der Waals surface area contributed by atoms with Crippen LogP contribution < -0.4 is 4.74 Å². The van der Waals surface area contributed by atoms with Crippen molar-refractivity contribution in [2.75, 3.05) is 0 Å². The highest BCUT2D eigenvalue weighted by Gasteiger charge is 2.03. The number of fused-ring (bicyclic) bond motifs is 1. The molecular formula is C14H11NO2. The summed E-state index contributed by atoms with van der Waals surface area (Å²) in [6.45, 7) is 0.417. The molecule has 3 aromatic rings. The van der Waals surface area contributed by atoms with Crippen molar-refractivity contribution >= 4 is 11.0 Å². The molecule has 0 N–H and O–H groups in total. The summed E-state index contributed by atoms with van der Waals surface area (Å²) in [5.41, 5.74) is 0.886. The number of hydrogen-bond acceptors (Lipinski definition) is 3. The maximum Gasteiger partial charge on any atom is 0.146 e. The highest BCUT2D eigenvalue weighted by Crippen LogP contribution is 2.20. The van der Waals surface area contributed by atoms with Crippen molar-refractivity contribution < 1.29 is 9.15 Å². The molecule has 3 rings (SSSR count). The summed E-state index contributed by atoms with van der Waals surface area (Å²) in [7, 11) is 0. The molecule has 0 saturated carbocycles. The van der Waals surface area contributed by atoms with Gasteiger partial charge in [0.25, 0.3) is 0 Å². The van der Waals surface area contributed by atoms with E-state index in [0.29, 0.717) is 6.61 Å². The van der Waals surface area contributed by atoms with Crippen LogP contribution >= 0.6 is 0 Å². The molecule has 0 fully saturated rings. The third-order valence-corrected chi connectivity index (χ3v) is 2.49. The van der Waals surface area contributed by atoms with E-state index >= 15 is 0 Å². The first-order valence-electron chi connectivity index (χ1n) is 5.42. The second-order valence-corrected chi connectivity index (χ2v) is 3.73. The second-order valence-electron chi connectivity index (χ2n) is 3.73. The van der Waals surface area contributed by atoms with Gasteiger partial charge in [-0.3, -0.25) is 4.98 Å². The Labute approximate surface area is 98.7 Å². The van der Waals surface area contributed by atoms with E-state index in [1.54, 1.807) is 12.4 Å². The van der Waals surface area contributed by atoms with Crippen LogP contribution in [0.3, 0.4) is 0 Å². The summed E-state index contributed by atoms with van der Waals surface area (Å²) in [5.74, 6) is 1.56. The third-order valence-electron chi connectivity index (χ3n) is 2.49. The molecule has 0 saturated heterocycles. The van der Waals surface area contributed by atoms with E-state index in [0.717, 1.165) is 22.5 Å². The lowest BCUT2D eigenvalue weighted by Crippen LogP contribution is -1.93. The number of pyridine rings is 1. The van der Waals surface area contributed by atoms with Crippen molar-refractivity contribution in [3.63, 3.8) is 0 Å². The van der Waals surface area contributed by atoms with Gasteiger partial charge in [0.15, 0.2) is 0 Å². The van der Waals surface area contributed by atoms with Gasteiger partial charge in [0.2, 0.25) is 0 Å². The standard InChI is InChI=1S/C14H11NO2/c1-2-6-14-11(4-1)8-13(17-14)10-16-12-5-3-7-15-9-12/h1-9H,10H2. The molecule has 0 amide bonds. The van der Waals surface area contributed by atoms with Crippen molar-refractivity contribution in [3.05, 3.63) is 60.6 Å². The van der Waals surface area contributed by atoms with Gasteiger partial charge in [-0.1, -0.05) is 18.2 Å². The van der Waals surface area contributed by atoms with Gasteiger partial charge < -0.3 is 9.15 Å². The highest BCUT2D eigenvalue weighted by atomic mass is 16.5. The molecule has 3 heteroatoms. The zero-order chi connectivity index (χ0) is 11.5. The minimum Gasteiger partial charge on any atom is -0.484 e. The van der Waals surface area contributed by atoms with Gasteiger partial charge >= 0.3 is 0 Å². The molecule has 0 radical (unpaired) electrons. The third kappa shape index (κ3) is 2.13. The van der Waals surface area contributed by atoms with Crippen LogP contribution in [-0.2, 0) is 6.61 Å². The largest absolute Gasteiger partial charge is 0.484 e. The van der Waals surface area contributed by atoms with Crippen LogP contribution in [0.25, 0.3) is 11.0 Å². The maximum absolute atomic E-state index is 5.64. The van der Waals surface area contributed by atoms with Crippen molar-refractivity contribution in [1.29, 1.82) is 0 Å². The van der Waals surface area contributed by atoms with Crippen LogP contribution in [0.1, 0.15) is 5.76 Å². The average molecular weight is 225 g/mol. The van der Waals surface area contributed by atoms with Gasteiger partial charge in [-0.05, 0) is 24.3 Å². The minimum atomic E-state index is 0.417. The van der Waals surface area contributed by atoms with Crippen molar-refractivity contribution in [3.8, 4) is 5.75 Å². The predicted octanol–water partition coefficient (Wildman–Crippen LogP) is 3.41. The molecule has 0 aliphatic rings. The molecule has 0 bridgehead atoms. The zero-order valence-corrected chi connectivity index (χ0v) is 9.17. The molecule has 3 nitrogen and oxygen atoms in total. The van der Waals surface area contributed by atoms with Gasteiger partial charge in [0, 0.05) is 11.6 Å². The van der Waals surface area contributed by atoms with Gasteiger partial charge in [-0.25, -0.2) is 0 Å². The first-order valence-corrected chi connectivity index (χ1v) is 5.42. The summed E-state index contributed by atoms with van der Waals surface area (Å²) in [5, 5.41) is 1.09. The zero-order valence-electron chi connectivity index (χ0n) is 9.17. The fourth-order valence-corrected chi connectivity index (χ4v) is 1.69. The number of hydrogen-bond donors (Lipinski definition) is 0. The molecule has 84 valence electrons. The molecule has 0 unspecified atom stereocenters. The van der Waals surface area contributed by atoms with Crippen molar-refractivity contribution in [2.24, 2.45) is 0 Å². The first kappa shape index (κ1) is 9.90. The summed E-state index contributed by atoms with van der Waals surface area (Å²) < 4.78 is 11.2. The number of aromatic nitrogens is 1. The Morgan fingerprint density at radius 3 is 2.88 bits per heavy atom. The number of para-hydroxylation sites is 1. The summed E-state index contributed by atoms with van der Waals surface area (Å²) in [6.07, 6.45) is 3.40. The molecule has 0 spiro atoms. The molecule has 0 atom stereocenters. The lowest BCUT2D eigenvalue weighted by atomic mass is 10.2. The summed E-state index contributed by atoms with van der Waals surface area (Å²) >= 11 is 0. The normalized spacial score (nSPS) is 10.6. The van der Waals surface area contributed by atoms with Gasteiger partial charge in [0.05, 0.1) is 6.20 Å². The number of ether oxygens (including phenoxy) is 1. The van der Waals surface area contributed by atoms with Crippen LogP contribution in [0, 0.1) is 0 Å². The average Bonchev–Trinajstić information content (AvgIpc) is 2.80.